The number of nitrogens with one attached hydrogen (secondary N) is 1. The Hall–Kier alpha value is -0.780. The van der Waals surface area contributed by atoms with Crippen molar-refractivity contribution in [1.29, 1.82) is 0 Å². The lowest BCUT2D eigenvalue weighted by Gasteiger charge is -2.27. The van der Waals surface area contributed by atoms with E-state index in [1.807, 2.05) is 0 Å². The molecular weight excluding hydrogens is 199 g/mol. The Morgan fingerprint density at radius 1 is 1.43 bits per heavy atom. The molecule has 84 valence electrons. The highest BCUT2D eigenvalue weighted by molar-refractivity contribution is 5.80. The summed E-state index contributed by atoms with van der Waals surface area (Å²) in [5, 5.41) is 2.14. The molecule has 14 heavy (non-hydrogen) atoms. The van der Waals surface area contributed by atoms with Crippen molar-refractivity contribution in [3.8, 4) is 0 Å². The molecule has 0 radical (unpaired) electrons. The Labute approximate surface area is 80.6 Å². The first-order chi connectivity index (χ1) is 6.25. The minimum Gasteiger partial charge on any atom is -0.468 e. The number of rotatable bonds is 4. The van der Waals surface area contributed by atoms with Gasteiger partial charge in [-0.2, -0.15) is 13.2 Å². The van der Waals surface area contributed by atoms with Crippen molar-refractivity contribution >= 4 is 5.97 Å². The van der Waals surface area contributed by atoms with Gasteiger partial charge >= 0.3 is 12.1 Å². The first-order valence-electron chi connectivity index (χ1n) is 4.15. The Balaban J connectivity index is 4.34. The van der Waals surface area contributed by atoms with E-state index in [4.69, 9.17) is 0 Å². The maximum Gasteiger partial charge on any atom is 0.401 e. The fourth-order valence-electron chi connectivity index (χ4n) is 0.862. The van der Waals surface area contributed by atoms with Gasteiger partial charge in [-0.1, -0.05) is 6.92 Å². The zero-order chi connectivity index (χ0) is 11.4. The maximum atomic E-state index is 11.9. The van der Waals surface area contributed by atoms with Gasteiger partial charge in [0.25, 0.3) is 0 Å². The predicted octanol–water partition coefficient (Wildman–Crippen LogP) is 1.48. The van der Waals surface area contributed by atoms with E-state index in [-0.39, 0.29) is 6.42 Å². The van der Waals surface area contributed by atoms with Crippen LogP contribution in [0, 0.1) is 0 Å². The van der Waals surface area contributed by atoms with E-state index in [1.165, 1.54) is 6.92 Å². The van der Waals surface area contributed by atoms with E-state index in [2.05, 4.69) is 10.1 Å². The van der Waals surface area contributed by atoms with Crippen LogP contribution in [0.3, 0.4) is 0 Å². The van der Waals surface area contributed by atoms with Crippen LogP contribution in [0.5, 0.6) is 0 Å². The lowest BCUT2D eigenvalue weighted by molar-refractivity contribution is -0.152. The van der Waals surface area contributed by atoms with Crippen molar-refractivity contribution in [3.63, 3.8) is 0 Å². The second-order valence-corrected chi connectivity index (χ2v) is 3.15. The molecule has 0 bridgehead atoms. The lowest BCUT2D eigenvalue weighted by atomic mass is 9.99. The third-order valence-corrected chi connectivity index (χ3v) is 2.02. The average molecular weight is 213 g/mol. The van der Waals surface area contributed by atoms with Crippen LogP contribution in [0.4, 0.5) is 13.2 Å². The van der Waals surface area contributed by atoms with Gasteiger partial charge in [-0.15, -0.1) is 0 Å². The summed E-state index contributed by atoms with van der Waals surface area (Å²) in [6, 6.07) is 0. The van der Waals surface area contributed by atoms with Crippen LogP contribution >= 0.6 is 0 Å². The number of carbonyl (C=O) groups is 1. The molecule has 6 heteroatoms. The van der Waals surface area contributed by atoms with E-state index in [0.29, 0.717) is 0 Å². The highest BCUT2D eigenvalue weighted by atomic mass is 19.4. The second-order valence-electron chi connectivity index (χ2n) is 3.15. The highest BCUT2D eigenvalue weighted by Gasteiger charge is 2.37. The molecule has 1 N–H and O–H groups in total. The molecule has 0 spiro atoms. The predicted molar refractivity (Wildman–Crippen MR) is 44.8 cm³/mol. The van der Waals surface area contributed by atoms with E-state index in [0.717, 1.165) is 7.11 Å². The molecule has 0 fully saturated rings. The fraction of sp³-hybridized carbons (Fsp3) is 0.875. The summed E-state index contributed by atoms with van der Waals surface area (Å²) in [4.78, 5) is 11.1. The molecule has 0 aliphatic carbocycles. The molecule has 0 heterocycles. The van der Waals surface area contributed by atoms with Crippen LogP contribution in [-0.2, 0) is 9.53 Å². The summed E-state index contributed by atoms with van der Waals surface area (Å²) in [6.45, 7) is 1.79. The number of esters is 1. The van der Waals surface area contributed by atoms with Gasteiger partial charge < -0.3 is 4.74 Å². The van der Waals surface area contributed by atoms with Crippen LogP contribution in [0.2, 0.25) is 0 Å². The maximum absolute atomic E-state index is 11.9. The molecule has 0 aromatic heterocycles. The minimum atomic E-state index is -4.33. The molecule has 3 nitrogen and oxygen atoms in total. The number of hydrogen-bond donors (Lipinski definition) is 1. The van der Waals surface area contributed by atoms with Gasteiger partial charge in [0.2, 0.25) is 0 Å². The van der Waals surface area contributed by atoms with Crippen LogP contribution in [0.25, 0.3) is 0 Å². The average Bonchev–Trinajstić information content (AvgIpc) is 2.11. The monoisotopic (exact) mass is 213 g/mol. The smallest absolute Gasteiger partial charge is 0.401 e. The van der Waals surface area contributed by atoms with E-state index in [9.17, 15) is 18.0 Å². The van der Waals surface area contributed by atoms with Crippen LogP contribution in [0.15, 0.2) is 0 Å². The zero-order valence-corrected chi connectivity index (χ0v) is 8.36. The Bertz CT molecular complexity index is 205. The SMILES string of the molecule is CCC(C)(NCC(F)(F)F)C(=O)OC. The Morgan fingerprint density at radius 2 is 1.93 bits per heavy atom. The number of halogens is 3. The van der Waals surface area contributed by atoms with Gasteiger partial charge in [-0.3, -0.25) is 10.1 Å². The van der Waals surface area contributed by atoms with Crippen LogP contribution < -0.4 is 5.32 Å². The Kier molecular flexibility index (Phi) is 4.38. The van der Waals surface area contributed by atoms with E-state index in [1.54, 1.807) is 6.92 Å². The van der Waals surface area contributed by atoms with Crippen molar-refractivity contribution in [3.05, 3.63) is 0 Å². The fourth-order valence-corrected chi connectivity index (χ4v) is 0.862. The first kappa shape index (κ1) is 13.2. The summed E-state index contributed by atoms with van der Waals surface area (Å²) >= 11 is 0. The number of carbonyl (C=O) groups excluding carboxylic acids is 1. The Morgan fingerprint density at radius 3 is 2.21 bits per heavy atom. The molecular formula is C8H14F3NO2. The van der Waals surface area contributed by atoms with E-state index < -0.39 is 24.2 Å². The van der Waals surface area contributed by atoms with Crippen molar-refractivity contribution in [1.82, 2.24) is 5.32 Å². The molecule has 0 aliphatic heterocycles. The first-order valence-corrected chi connectivity index (χ1v) is 4.15. The third-order valence-electron chi connectivity index (χ3n) is 2.02. The van der Waals surface area contributed by atoms with Gasteiger partial charge in [0.1, 0.15) is 5.54 Å². The normalized spacial score (nSPS) is 16.1. The summed E-state index contributed by atoms with van der Waals surface area (Å²) in [6.07, 6.45) is -4.10. The summed E-state index contributed by atoms with van der Waals surface area (Å²) in [5.41, 5.74) is -1.27. The van der Waals surface area contributed by atoms with Crippen LogP contribution in [0.1, 0.15) is 20.3 Å². The highest BCUT2D eigenvalue weighted by Crippen LogP contribution is 2.17. The van der Waals surface area contributed by atoms with Gasteiger partial charge in [0.15, 0.2) is 0 Å². The summed E-state index contributed by atoms with van der Waals surface area (Å²) < 4.78 is 40.0. The molecule has 0 amide bonds. The zero-order valence-electron chi connectivity index (χ0n) is 8.36. The molecule has 1 atom stereocenters. The minimum absolute atomic E-state index is 0.232. The lowest BCUT2D eigenvalue weighted by Crippen LogP contribution is -2.52. The molecule has 0 rings (SSSR count). The van der Waals surface area contributed by atoms with Crippen LogP contribution in [-0.4, -0.2) is 31.3 Å². The quantitative estimate of drug-likeness (QED) is 0.719. The van der Waals surface area contributed by atoms with Crippen molar-refractivity contribution in [2.24, 2.45) is 0 Å². The molecule has 0 aromatic carbocycles. The third kappa shape index (κ3) is 3.95. The molecule has 0 saturated heterocycles. The summed E-state index contributed by atoms with van der Waals surface area (Å²) in [5.74, 6) is -0.691. The topological polar surface area (TPSA) is 38.3 Å². The van der Waals surface area contributed by atoms with Gasteiger partial charge in [0, 0.05) is 0 Å². The number of ether oxygens (including phenoxy) is 1. The van der Waals surface area contributed by atoms with Crippen molar-refractivity contribution in [2.75, 3.05) is 13.7 Å². The molecule has 0 saturated carbocycles. The molecule has 0 aliphatic rings. The number of hydrogen-bond acceptors (Lipinski definition) is 3. The van der Waals surface area contributed by atoms with Gasteiger partial charge in [0.05, 0.1) is 13.7 Å². The number of alkyl halides is 3. The van der Waals surface area contributed by atoms with Gasteiger partial charge in [-0.25, -0.2) is 0 Å². The van der Waals surface area contributed by atoms with Crippen molar-refractivity contribution < 1.29 is 22.7 Å². The number of methoxy groups -OCH3 is 1. The van der Waals surface area contributed by atoms with E-state index >= 15 is 0 Å². The van der Waals surface area contributed by atoms with Gasteiger partial charge in [-0.05, 0) is 13.3 Å². The second kappa shape index (κ2) is 4.63. The standard InChI is InChI=1S/C8H14F3NO2/c1-4-7(2,6(13)14-3)12-5-8(9,10)11/h12H,4-5H2,1-3H3. The molecule has 1 unspecified atom stereocenters. The largest absolute Gasteiger partial charge is 0.468 e. The van der Waals surface area contributed by atoms with Crippen molar-refractivity contribution in [2.45, 2.75) is 32.0 Å². The summed E-state index contributed by atoms with van der Waals surface area (Å²) in [7, 11) is 1.14. The molecule has 0 aromatic rings.